The lowest BCUT2D eigenvalue weighted by molar-refractivity contribution is -0.138. The summed E-state index contributed by atoms with van der Waals surface area (Å²) in [6.45, 7) is 4.40. The average molecular weight is 429 g/mol. The fourth-order valence-corrected chi connectivity index (χ4v) is 4.11. The van der Waals surface area contributed by atoms with Gasteiger partial charge in [-0.25, -0.2) is 0 Å². The Morgan fingerprint density at radius 2 is 1.86 bits per heavy atom. The van der Waals surface area contributed by atoms with Gasteiger partial charge in [0.15, 0.2) is 11.9 Å². The van der Waals surface area contributed by atoms with Crippen LogP contribution in [0.25, 0.3) is 10.6 Å². The second kappa shape index (κ2) is 8.80. The fraction of sp³-hybridized carbons (Fsp3) is 0.286. The van der Waals surface area contributed by atoms with Crippen molar-refractivity contribution in [2.24, 2.45) is 0 Å². The Labute approximate surface area is 178 Å². The molecule has 1 aliphatic heterocycles. The number of benzene rings is 1. The minimum Gasteiger partial charge on any atom is -0.479 e. The lowest BCUT2D eigenvalue weighted by Gasteiger charge is -2.36. The number of para-hydroxylation sites is 1. The molecule has 1 aromatic carbocycles. The summed E-state index contributed by atoms with van der Waals surface area (Å²) >= 11 is 7.77. The van der Waals surface area contributed by atoms with E-state index in [1.165, 1.54) is 0 Å². The zero-order valence-corrected chi connectivity index (χ0v) is 17.6. The smallest absolute Gasteiger partial charge is 0.263 e. The molecule has 1 fully saturated rings. The van der Waals surface area contributed by atoms with Gasteiger partial charge in [-0.3, -0.25) is 4.79 Å². The summed E-state index contributed by atoms with van der Waals surface area (Å²) in [5, 5.41) is 11.2. The highest BCUT2D eigenvalue weighted by Crippen LogP contribution is 2.25. The van der Waals surface area contributed by atoms with Crippen LogP contribution in [0.4, 0.5) is 5.82 Å². The van der Waals surface area contributed by atoms with Crippen LogP contribution in [0.1, 0.15) is 6.92 Å². The molecule has 1 aliphatic rings. The van der Waals surface area contributed by atoms with E-state index in [1.807, 2.05) is 46.7 Å². The SMILES string of the molecule is CC(Oc1ccccc1Cl)C(=O)N1CCN(c2ccc(-c3cccs3)nn2)CC1. The van der Waals surface area contributed by atoms with Gasteiger partial charge in [0.05, 0.1) is 9.90 Å². The third-order valence-electron chi connectivity index (χ3n) is 4.83. The molecule has 0 aliphatic carbocycles. The van der Waals surface area contributed by atoms with Crippen molar-refractivity contribution < 1.29 is 9.53 Å². The Hall–Kier alpha value is -2.64. The van der Waals surface area contributed by atoms with Gasteiger partial charge in [-0.2, -0.15) is 0 Å². The molecule has 3 heterocycles. The van der Waals surface area contributed by atoms with Crippen molar-refractivity contribution in [3.63, 3.8) is 0 Å². The number of hydrogen-bond donors (Lipinski definition) is 0. The first-order valence-electron chi connectivity index (χ1n) is 9.44. The predicted octanol–water partition coefficient (Wildman–Crippen LogP) is 3.97. The maximum Gasteiger partial charge on any atom is 0.263 e. The molecule has 4 rings (SSSR count). The van der Waals surface area contributed by atoms with Crippen LogP contribution in [0.3, 0.4) is 0 Å². The van der Waals surface area contributed by atoms with Gasteiger partial charge in [-0.15, -0.1) is 21.5 Å². The Kier molecular flexibility index (Phi) is 5.97. The number of carbonyl (C=O) groups is 1. The molecule has 2 aromatic heterocycles. The van der Waals surface area contributed by atoms with Crippen LogP contribution in [0.5, 0.6) is 5.75 Å². The van der Waals surface area contributed by atoms with E-state index in [4.69, 9.17) is 16.3 Å². The number of anilines is 1. The van der Waals surface area contributed by atoms with Crippen LogP contribution in [-0.2, 0) is 4.79 Å². The van der Waals surface area contributed by atoms with Crippen LogP contribution < -0.4 is 9.64 Å². The number of carbonyl (C=O) groups excluding carboxylic acids is 1. The first-order valence-corrected chi connectivity index (χ1v) is 10.7. The summed E-state index contributed by atoms with van der Waals surface area (Å²) in [6, 6.07) is 15.2. The average Bonchev–Trinajstić information content (AvgIpc) is 3.30. The van der Waals surface area contributed by atoms with Gasteiger partial charge in [0.1, 0.15) is 11.4 Å². The first-order chi connectivity index (χ1) is 14.1. The van der Waals surface area contributed by atoms with Crippen molar-refractivity contribution >= 4 is 34.7 Å². The van der Waals surface area contributed by atoms with Crippen molar-refractivity contribution in [1.29, 1.82) is 0 Å². The maximum absolute atomic E-state index is 12.7. The zero-order chi connectivity index (χ0) is 20.2. The van der Waals surface area contributed by atoms with E-state index in [2.05, 4.69) is 15.1 Å². The van der Waals surface area contributed by atoms with Crippen molar-refractivity contribution in [2.45, 2.75) is 13.0 Å². The fourth-order valence-electron chi connectivity index (χ4n) is 3.24. The summed E-state index contributed by atoms with van der Waals surface area (Å²) in [7, 11) is 0. The van der Waals surface area contributed by atoms with Gasteiger partial charge in [-0.1, -0.05) is 29.8 Å². The molecule has 1 unspecified atom stereocenters. The van der Waals surface area contributed by atoms with Crippen LogP contribution in [0, 0.1) is 0 Å². The van der Waals surface area contributed by atoms with Crippen molar-refractivity contribution in [1.82, 2.24) is 15.1 Å². The maximum atomic E-state index is 12.7. The Bertz CT molecular complexity index is 957. The van der Waals surface area contributed by atoms with E-state index in [0.717, 1.165) is 16.4 Å². The normalized spacial score (nSPS) is 15.2. The second-order valence-electron chi connectivity index (χ2n) is 6.76. The number of nitrogens with zero attached hydrogens (tertiary/aromatic N) is 4. The largest absolute Gasteiger partial charge is 0.479 e. The van der Waals surface area contributed by atoms with E-state index in [1.54, 1.807) is 30.4 Å². The lowest BCUT2D eigenvalue weighted by atomic mass is 10.2. The molecule has 3 aromatic rings. The molecule has 8 heteroatoms. The Morgan fingerprint density at radius 1 is 1.07 bits per heavy atom. The van der Waals surface area contributed by atoms with Gasteiger partial charge < -0.3 is 14.5 Å². The second-order valence-corrected chi connectivity index (χ2v) is 8.11. The summed E-state index contributed by atoms with van der Waals surface area (Å²) in [6.07, 6.45) is -0.591. The molecule has 0 radical (unpaired) electrons. The third-order valence-corrected chi connectivity index (χ3v) is 6.03. The van der Waals surface area contributed by atoms with E-state index < -0.39 is 6.10 Å². The van der Waals surface area contributed by atoms with E-state index in [9.17, 15) is 4.79 Å². The molecule has 0 bridgehead atoms. The van der Waals surface area contributed by atoms with E-state index >= 15 is 0 Å². The minimum atomic E-state index is -0.591. The molecule has 0 spiro atoms. The van der Waals surface area contributed by atoms with Gasteiger partial charge in [0.2, 0.25) is 0 Å². The van der Waals surface area contributed by atoms with E-state index in [-0.39, 0.29) is 5.91 Å². The Morgan fingerprint density at radius 3 is 2.52 bits per heavy atom. The Balaban J connectivity index is 1.33. The molecular weight excluding hydrogens is 408 g/mol. The number of piperazine rings is 1. The zero-order valence-electron chi connectivity index (χ0n) is 16.0. The lowest BCUT2D eigenvalue weighted by Crippen LogP contribution is -2.52. The molecule has 6 nitrogen and oxygen atoms in total. The summed E-state index contributed by atoms with van der Waals surface area (Å²) in [5.41, 5.74) is 0.878. The summed E-state index contributed by atoms with van der Waals surface area (Å²) < 4.78 is 5.76. The first kappa shape index (κ1) is 19.7. The highest BCUT2D eigenvalue weighted by atomic mass is 35.5. The van der Waals surface area contributed by atoms with Crippen molar-refractivity contribution in [3.05, 3.63) is 58.9 Å². The number of ether oxygens (including phenoxy) is 1. The molecule has 0 N–H and O–H groups in total. The number of aromatic nitrogens is 2. The molecular formula is C21H21ClN4O2S. The number of halogens is 1. The summed E-state index contributed by atoms with van der Waals surface area (Å²) in [4.78, 5) is 17.8. The predicted molar refractivity (Wildman–Crippen MR) is 116 cm³/mol. The van der Waals surface area contributed by atoms with Crippen LogP contribution in [-0.4, -0.2) is 53.3 Å². The summed E-state index contributed by atoms with van der Waals surface area (Å²) in [5.74, 6) is 1.32. The number of thiophene rings is 1. The highest BCUT2D eigenvalue weighted by Gasteiger charge is 2.27. The monoisotopic (exact) mass is 428 g/mol. The molecule has 29 heavy (non-hydrogen) atoms. The highest BCUT2D eigenvalue weighted by molar-refractivity contribution is 7.13. The number of amides is 1. The van der Waals surface area contributed by atoms with Crippen LogP contribution >= 0.6 is 22.9 Å². The van der Waals surface area contributed by atoms with Crippen LogP contribution in [0.2, 0.25) is 5.02 Å². The molecule has 1 saturated heterocycles. The van der Waals surface area contributed by atoms with Gasteiger partial charge in [-0.05, 0) is 42.6 Å². The van der Waals surface area contributed by atoms with Gasteiger partial charge in [0.25, 0.3) is 5.91 Å². The third kappa shape index (κ3) is 4.52. The molecule has 150 valence electrons. The minimum absolute atomic E-state index is 0.0382. The molecule has 0 saturated carbocycles. The van der Waals surface area contributed by atoms with Crippen molar-refractivity contribution in [2.75, 3.05) is 31.1 Å². The number of rotatable bonds is 5. The quantitative estimate of drug-likeness (QED) is 0.615. The molecule has 1 amide bonds. The van der Waals surface area contributed by atoms with Gasteiger partial charge >= 0.3 is 0 Å². The standard InChI is InChI=1S/C21H21ClN4O2S/c1-15(28-18-6-3-2-5-16(18)22)21(27)26-12-10-25(11-13-26)20-9-8-17(23-24-20)19-7-4-14-29-19/h2-9,14-15H,10-13H2,1H3. The molecule has 1 atom stereocenters. The van der Waals surface area contributed by atoms with Crippen LogP contribution in [0.15, 0.2) is 53.9 Å². The van der Waals surface area contributed by atoms with Gasteiger partial charge in [0, 0.05) is 26.2 Å². The topological polar surface area (TPSA) is 58.6 Å². The number of hydrogen-bond acceptors (Lipinski definition) is 6. The van der Waals surface area contributed by atoms with Crippen molar-refractivity contribution in [3.8, 4) is 16.3 Å². The van der Waals surface area contributed by atoms with E-state index in [0.29, 0.717) is 37.0 Å².